The molecule has 0 aliphatic carbocycles. The van der Waals surface area contributed by atoms with E-state index in [-0.39, 0.29) is 18.1 Å². The highest BCUT2D eigenvalue weighted by atomic mass is 19.3. The Labute approximate surface area is 128 Å². The van der Waals surface area contributed by atoms with Crippen molar-refractivity contribution >= 4 is 17.4 Å². The van der Waals surface area contributed by atoms with E-state index in [2.05, 4.69) is 15.2 Å². The normalized spacial score (nSPS) is 10.6. The molecule has 0 saturated carbocycles. The summed E-state index contributed by atoms with van der Waals surface area (Å²) in [5.74, 6) is -0.839. The van der Waals surface area contributed by atoms with Gasteiger partial charge in [-0.1, -0.05) is 0 Å². The first-order valence-electron chi connectivity index (χ1n) is 6.38. The summed E-state index contributed by atoms with van der Waals surface area (Å²) in [6.45, 7) is -1.53. The number of aromatic nitrogens is 2. The number of alkyl halides is 2. The highest BCUT2D eigenvalue weighted by molar-refractivity contribution is 5.91. The number of hydrogen-bond donors (Lipinski definition) is 1. The summed E-state index contributed by atoms with van der Waals surface area (Å²) in [6, 6.07) is 5.26. The van der Waals surface area contributed by atoms with Gasteiger partial charge in [-0.05, 0) is 35.6 Å². The fourth-order valence-corrected chi connectivity index (χ4v) is 1.83. The number of amides is 1. The van der Waals surface area contributed by atoms with Crippen molar-refractivity contribution in [3.63, 3.8) is 0 Å². The van der Waals surface area contributed by atoms with E-state index in [1.54, 1.807) is 6.92 Å². The van der Waals surface area contributed by atoms with Crippen LogP contribution in [0.2, 0.25) is 0 Å². The summed E-state index contributed by atoms with van der Waals surface area (Å²) in [4.78, 5) is 21.7. The van der Waals surface area contributed by atoms with E-state index in [0.717, 1.165) is 4.68 Å². The summed E-state index contributed by atoms with van der Waals surface area (Å²) in [5, 5.41) is 16.7. The lowest BCUT2D eigenvalue weighted by Crippen LogP contribution is -2.19. The Bertz CT molecular complexity index is 733. The first-order valence-corrected chi connectivity index (χ1v) is 6.38. The monoisotopic (exact) mass is 326 g/mol. The molecule has 1 heterocycles. The Morgan fingerprint density at radius 2 is 2.22 bits per heavy atom. The SMILES string of the molecule is Cc1cc(OC(F)F)ccc1NC(=O)Cn1ccc([N+](=O)[O-])n1. The van der Waals surface area contributed by atoms with E-state index in [9.17, 15) is 23.7 Å². The zero-order valence-electron chi connectivity index (χ0n) is 11.9. The van der Waals surface area contributed by atoms with Crippen molar-refractivity contribution in [3.8, 4) is 5.75 Å². The minimum atomic E-state index is -2.93. The molecule has 1 aromatic carbocycles. The van der Waals surface area contributed by atoms with Crippen LogP contribution in [0.4, 0.5) is 20.3 Å². The predicted octanol–water partition coefficient (Wildman–Crippen LogP) is 2.34. The van der Waals surface area contributed by atoms with Gasteiger partial charge in [0, 0.05) is 5.69 Å². The Morgan fingerprint density at radius 3 is 2.78 bits per heavy atom. The zero-order valence-corrected chi connectivity index (χ0v) is 11.9. The molecule has 1 N–H and O–H groups in total. The summed E-state index contributed by atoms with van der Waals surface area (Å²) >= 11 is 0. The standard InChI is InChI=1S/C13H12F2N4O4/c1-8-6-9(23-13(14)15)2-3-10(8)16-12(20)7-18-5-4-11(17-18)19(21)22/h2-6,13H,7H2,1H3,(H,16,20). The average Bonchev–Trinajstić information content (AvgIpc) is 2.90. The largest absolute Gasteiger partial charge is 0.435 e. The molecule has 0 bridgehead atoms. The summed E-state index contributed by atoms with van der Waals surface area (Å²) in [7, 11) is 0. The molecule has 0 aliphatic heterocycles. The third-order valence-electron chi connectivity index (χ3n) is 2.82. The van der Waals surface area contributed by atoms with Gasteiger partial charge < -0.3 is 20.2 Å². The Hall–Kier alpha value is -3.04. The van der Waals surface area contributed by atoms with Gasteiger partial charge in [-0.3, -0.25) is 4.79 Å². The first kappa shape index (κ1) is 16.3. The van der Waals surface area contributed by atoms with Crippen molar-refractivity contribution in [1.29, 1.82) is 0 Å². The number of carbonyl (C=O) groups excluding carboxylic acids is 1. The number of nitrogens with zero attached hydrogens (tertiary/aromatic N) is 3. The number of halogens is 2. The predicted molar refractivity (Wildman–Crippen MR) is 75.3 cm³/mol. The van der Waals surface area contributed by atoms with Crippen LogP contribution in [0.15, 0.2) is 30.5 Å². The fraction of sp³-hybridized carbons (Fsp3) is 0.231. The smallest absolute Gasteiger partial charge is 0.389 e. The highest BCUT2D eigenvalue weighted by Crippen LogP contribution is 2.22. The molecule has 2 aromatic rings. The summed E-state index contributed by atoms with van der Waals surface area (Å²) in [5.41, 5.74) is 0.946. The number of nitro groups is 1. The minimum Gasteiger partial charge on any atom is -0.435 e. The number of benzene rings is 1. The molecule has 23 heavy (non-hydrogen) atoms. The maximum absolute atomic E-state index is 12.1. The van der Waals surface area contributed by atoms with E-state index in [4.69, 9.17) is 0 Å². The lowest BCUT2D eigenvalue weighted by molar-refractivity contribution is -0.389. The van der Waals surface area contributed by atoms with Crippen molar-refractivity contribution in [2.24, 2.45) is 0 Å². The number of aryl methyl sites for hydroxylation is 1. The van der Waals surface area contributed by atoms with Gasteiger partial charge in [-0.25, -0.2) is 0 Å². The molecule has 0 fully saturated rings. The Morgan fingerprint density at radius 1 is 1.48 bits per heavy atom. The van der Waals surface area contributed by atoms with Gasteiger partial charge in [0.25, 0.3) is 0 Å². The van der Waals surface area contributed by atoms with Crippen LogP contribution in [0.3, 0.4) is 0 Å². The second-order valence-electron chi connectivity index (χ2n) is 4.53. The van der Waals surface area contributed by atoms with E-state index in [1.165, 1.54) is 30.5 Å². The lowest BCUT2D eigenvalue weighted by Gasteiger charge is -2.10. The van der Waals surface area contributed by atoms with Gasteiger partial charge in [0.2, 0.25) is 5.91 Å². The second-order valence-corrected chi connectivity index (χ2v) is 4.53. The molecule has 8 nitrogen and oxygen atoms in total. The Balaban J connectivity index is 2.00. The third-order valence-corrected chi connectivity index (χ3v) is 2.82. The molecule has 1 amide bonds. The number of rotatable bonds is 6. The van der Waals surface area contributed by atoms with Crippen LogP contribution in [0.1, 0.15) is 5.56 Å². The molecule has 0 atom stereocenters. The summed E-state index contributed by atoms with van der Waals surface area (Å²) in [6.07, 6.45) is 1.31. The van der Waals surface area contributed by atoms with Crippen molar-refractivity contribution in [2.75, 3.05) is 5.32 Å². The first-order chi connectivity index (χ1) is 10.8. The molecular weight excluding hydrogens is 314 g/mol. The number of nitrogens with one attached hydrogen (secondary N) is 1. The van der Waals surface area contributed by atoms with Crippen LogP contribution in [0, 0.1) is 17.0 Å². The number of anilines is 1. The van der Waals surface area contributed by atoms with Crippen LogP contribution in [-0.4, -0.2) is 27.2 Å². The van der Waals surface area contributed by atoms with Crippen LogP contribution < -0.4 is 10.1 Å². The van der Waals surface area contributed by atoms with E-state index in [0.29, 0.717) is 11.3 Å². The lowest BCUT2D eigenvalue weighted by atomic mass is 10.2. The van der Waals surface area contributed by atoms with Crippen LogP contribution in [-0.2, 0) is 11.3 Å². The molecule has 0 saturated heterocycles. The number of ether oxygens (including phenoxy) is 1. The quantitative estimate of drug-likeness (QED) is 0.649. The van der Waals surface area contributed by atoms with Crippen LogP contribution in [0.25, 0.3) is 0 Å². The van der Waals surface area contributed by atoms with Gasteiger partial charge in [-0.15, -0.1) is 0 Å². The zero-order chi connectivity index (χ0) is 17.0. The molecule has 2 rings (SSSR count). The summed E-state index contributed by atoms with van der Waals surface area (Å²) < 4.78 is 29.6. The maximum atomic E-state index is 12.1. The van der Waals surface area contributed by atoms with E-state index >= 15 is 0 Å². The van der Waals surface area contributed by atoms with Crippen molar-refractivity contribution in [2.45, 2.75) is 20.1 Å². The molecule has 0 unspecified atom stereocenters. The van der Waals surface area contributed by atoms with E-state index < -0.39 is 17.4 Å². The molecule has 0 spiro atoms. The molecule has 122 valence electrons. The van der Waals surface area contributed by atoms with Crippen LogP contribution in [0.5, 0.6) is 5.75 Å². The number of carbonyl (C=O) groups is 1. The molecule has 1 aromatic heterocycles. The molecule has 0 aliphatic rings. The minimum absolute atomic E-state index is 0.0156. The van der Waals surface area contributed by atoms with Crippen molar-refractivity contribution in [3.05, 3.63) is 46.1 Å². The molecule has 10 heteroatoms. The van der Waals surface area contributed by atoms with Gasteiger partial charge in [0.1, 0.15) is 12.3 Å². The van der Waals surface area contributed by atoms with Gasteiger partial charge >= 0.3 is 12.4 Å². The maximum Gasteiger partial charge on any atom is 0.389 e. The fourth-order valence-electron chi connectivity index (χ4n) is 1.83. The van der Waals surface area contributed by atoms with Crippen molar-refractivity contribution in [1.82, 2.24) is 9.78 Å². The molecule has 0 radical (unpaired) electrons. The van der Waals surface area contributed by atoms with Gasteiger partial charge in [0.15, 0.2) is 0 Å². The highest BCUT2D eigenvalue weighted by Gasteiger charge is 2.14. The Kier molecular flexibility index (Phi) is 4.84. The van der Waals surface area contributed by atoms with Crippen LogP contribution >= 0.6 is 0 Å². The average molecular weight is 326 g/mol. The van der Waals surface area contributed by atoms with Crippen molar-refractivity contribution < 1.29 is 23.2 Å². The number of hydrogen-bond acceptors (Lipinski definition) is 5. The molecular formula is C13H12F2N4O4. The second kappa shape index (κ2) is 6.81. The third kappa shape index (κ3) is 4.46. The topological polar surface area (TPSA) is 99.3 Å². The van der Waals surface area contributed by atoms with Gasteiger partial charge in [-0.2, -0.15) is 13.5 Å². The van der Waals surface area contributed by atoms with E-state index in [1.807, 2.05) is 0 Å². The van der Waals surface area contributed by atoms with Gasteiger partial charge in [0.05, 0.1) is 17.4 Å².